The number of hydrogen-bond donors (Lipinski definition) is 1. The Morgan fingerprint density at radius 3 is 1.58 bits per heavy atom. The standard InChI is InChI=1S/C20H24N2O6.C12H12F3NO9S.C9H13N/c1-5-21(12-15-9-7-6-8-10-15)16-11-17(28-13-26-3)18(20(23)27-4)14(2)19(16)22(24)25;1-6-9(11(17)23-3)7(24-5-22-2)4-8(10(6)16(18)19)25-26(20,21)12(13,14)15;1-2-10-8-9-6-4-3-5-7-9/h6-11H,5,12-13H2,1-4H3;4H,5H2,1-3H3;3-7,10H,2,8H2,1H3. The Morgan fingerprint density at radius 2 is 1.17 bits per heavy atom. The highest BCUT2D eigenvalue weighted by Gasteiger charge is 2.50. The molecule has 0 heterocycles. The fraction of sp³-hybridized carbons (Fsp3) is 0.366. The van der Waals surface area contributed by atoms with Crippen molar-refractivity contribution in [2.75, 3.05) is 60.0 Å². The smallest absolute Gasteiger partial charge is 0.467 e. The van der Waals surface area contributed by atoms with Crippen molar-refractivity contribution in [1.29, 1.82) is 0 Å². The van der Waals surface area contributed by atoms with Gasteiger partial charge in [-0.1, -0.05) is 67.6 Å². The summed E-state index contributed by atoms with van der Waals surface area (Å²) in [5, 5.41) is 26.3. The maximum atomic E-state index is 12.5. The van der Waals surface area contributed by atoms with Crippen molar-refractivity contribution in [2.24, 2.45) is 0 Å². The number of nitro groups is 2. The monoisotopic (exact) mass is 926 g/mol. The van der Waals surface area contributed by atoms with E-state index in [1.54, 1.807) is 0 Å². The second-order valence-electron chi connectivity index (χ2n) is 12.8. The fourth-order valence-corrected chi connectivity index (χ4v) is 6.11. The number of carbonyl (C=O) groups is 2. The van der Waals surface area contributed by atoms with Crippen LogP contribution in [0.1, 0.15) is 56.8 Å². The van der Waals surface area contributed by atoms with Crippen LogP contribution in [0, 0.1) is 34.1 Å². The number of ether oxygens (including phenoxy) is 6. The van der Waals surface area contributed by atoms with Crippen LogP contribution in [0.5, 0.6) is 17.2 Å². The summed E-state index contributed by atoms with van der Waals surface area (Å²) >= 11 is 0. The van der Waals surface area contributed by atoms with E-state index in [2.05, 4.69) is 50.2 Å². The van der Waals surface area contributed by atoms with Gasteiger partial charge in [0.15, 0.2) is 13.6 Å². The molecule has 350 valence electrons. The molecule has 0 amide bonds. The molecule has 64 heavy (non-hydrogen) atoms. The molecule has 0 saturated carbocycles. The van der Waals surface area contributed by atoms with E-state index in [0.29, 0.717) is 24.8 Å². The van der Waals surface area contributed by atoms with Gasteiger partial charge in [0.1, 0.15) is 28.3 Å². The van der Waals surface area contributed by atoms with Crippen LogP contribution in [0.25, 0.3) is 0 Å². The molecule has 0 spiro atoms. The molecule has 0 radical (unpaired) electrons. The number of esters is 2. The van der Waals surface area contributed by atoms with E-state index in [0.717, 1.165) is 32.7 Å². The molecule has 1 N–H and O–H groups in total. The summed E-state index contributed by atoms with van der Waals surface area (Å²) in [6.45, 7) is 8.93. The quantitative estimate of drug-likeness (QED) is 0.0241. The largest absolute Gasteiger partial charge is 0.534 e. The lowest BCUT2D eigenvalue weighted by molar-refractivity contribution is -0.386. The average molecular weight is 927 g/mol. The second kappa shape index (κ2) is 25.5. The minimum atomic E-state index is -6.21. The van der Waals surface area contributed by atoms with E-state index >= 15 is 0 Å². The SMILES string of the molecule is CCN(Cc1ccccc1)c1cc(OCOC)c(C(=O)OC)c(C)c1[N+](=O)[O-].CCNCc1ccccc1.COCOc1cc(OS(=O)(=O)C(F)(F)F)c([N+](=O)[O-])c(C)c1C(=O)OC. The molecule has 19 nitrogen and oxygen atoms in total. The van der Waals surface area contributed by atoms with Gasteiger partial charge in [0.05, 0.1) is 24.1 Å². The third kappa shape index (κ3) is 14.8. The van der Waals surface area contributed by atoms with Gasteiger partial charge in [0.25, 0.3) is 5.69 Å². The first-order valence-electron chi connectivity index (χ1n) is 18.8. The highest BCUT2D eigenvalue weighted by atomic mass is 32.2. The molecule has 0 bridgehead atoms. The Balaban J connectivity index is 0.000000363. The van der Waals surface area contributed by atoms with Gasteiger partial charge in [-0.3, -0.25) is 20.2 Å². The molecule has 0 aliphatic rings. The summed E-state index contributed by atoms with van der Waals surface area (Å²) in [5.74, 6) is -3.46. The maximum Gasteiger partial charge on any atom is 0.534 e. The lowest BCUT2D eigenvalue weighted by Gasteiger charge is -2.25. The topological polar surface area (TPSA) is 234 Å². The Labute approximate surface area is 367 Å². The van der Waals surface area contributed by atoms with Crippen molar-refractivity contribution >= 4 is 39.1 Å². The average Bonchev–Trinajstić information content (AvgIpc) is 3.25. The first-order chi connectivity index (χ1) is 30.2. The third-order valence-electron chi connectivity index (χ3n) is 8.61. The number of methoxy groups -OCH3 is 4. The molecule has 0 saturated heterocycles. The number of hydrogen-bond acceptors (Lipinski definition) is 17. The minimum Gasteiger partial charge on any atom is -0.467 e. The summed E-state index contributed by atoms with van der Waals surface area (Å²) in [6.07, 6.45) is 0. The summed E-state index contributed by atoms with van der Waals surface area (Å²) in [6, 6.07) is 22.0. The van der Waals surface area contributed by atoms with Gasteiger partial charge in [0.2, 0.25) is 5.75 Å². The number of rotatable bonds is 19. The lowest BCUT2D eigenvalue weighted by Crippen LogP contribution is -2.28. The van der Waals surface area contributed by atoms with Crippen LogP contribution in [0.3, 0.4) is 0 Å². The van der Waals surface area contributed by atoms with Gasteiger partial charge >= 0.3 is 33.3 Å². The lowest BCUT2D eigenvalue weighted by atomic mass is 10.0. The Bertz CT molecular complexity index is 2300. The van der Waals surface area contributed by atoms with Crippen LogP contribution in [-0.4, -0.2) is 90.8 Å². The zero-order chi connectivity index (χ0) is 48.2. The van der Waals surface area contributed by atoms with Gasteiger partial charge in [0, 0.05) is 57.1 Å². The number of nitro benzene ring substituents is 2. The highest BCUT2D eigenvalue weighted by Crippen LogP contribution is 2.42. The van der Waals surface area contributed by atoms with E-state index in [1.165, 1.54) is 39.9 Å². The van der Waals surface area contributed by atoms with Gasteiger partial charge < -0.3 is 42.8 Å². The molecule has 4 aromatic rings. The summed E-state index contributed by atoms with van der Waals surface area (Å²) in [7, 11) is -1.41. The summed E-state index contributed by atoms with van der Waals surface area (Å²) in [5.41, 5.74) is -5.26. The van der Waals surface area contributed by atoms with E-state index < -0.39 is 72.5 Å². The zero-order valence-electron chi connectivity index (χ0n) is 36.2. The number of carbonyl (C=O) groups excluding carboxylic acids is 2. The van der Waals surface area contributed by atoms with Gasteiger partial charge in [-0.05, 0) is 38.4 Å². The summed E-state index contributed by atoms with van der Waals surface area (Å²) < 4.78 is 93.0. The predicted octanol–water partition coefficient (Wildman–Crippen LogP) is 7.40. The van der Waals surface area contributed by atoms with Crippen molar-refractivity contribution in [1.82, 2.24) is 5.32 Å². The first-order valence-corrected chi connectivity index (χ1v) is 20.2. The van der Waals surface area contributed by atoms with Gasteiger partial charge in [-0.25, -0.2) is 9.59 Å². The van der Waals surface area contributed by atoms with E-state index in [1.807, 2.05) is 48.2 Å². The molecule has 0 aromatic heterocycles. The van der Waals surface area contributed by atoms with Crippen LogP contribution < -0.4 is 23.9 Å². The third-order valence-corrected chi connectivity index (χ3v) is 9.58. The molecule has 4 aromatic carbocycles. The Kier molecular flexibility index (Phi) is 21.4. The van der Waals surface area contributed by atoms with Crippen LogP contribution in [0.4, 0.5) is 30.2 Å². The van der Waals surface area contributed by atoms with Crippen molar-refractivity contribution in [3.05, 3.63) is 126 Å². The number of anilines is 1. The highest BCUT2D eigenvalue weighted by molar-refractivity contribution is 7.88. The Morgan fingerprint density at radius 1 is 0.719 bits per heavy atom. The number of halogens is 3. The molecule has 0 aliphatic carbocycles. The Hall–Kier alpha value is -6.56. The van der Waals surface area contributed by atoms with Crippen LogP contribution >= 0.6 is 0 Å². The predicted molar refractivity (Wildman–Crippen MR) is 226 cm³/mol. The number of benzene rings is 4. The van der Waals surface area contributed by atoms with E-state index in [9.17, 15) is 51.4 Å². The van der Waals surface area contributed by atoms with Crippen molar-refractivity contribution in [2.45, 2.75) is 46.3 Å². The normalized spacial score (nSPS) is 10.9. The molecule has 4 rings (SSSR count). The van der Waals surface area contributed by atoms with Crippen molar-refractivity contribution < 1.29 is 73.6 Å². The molecule has 0 aliphatic heterocycles. The molecular weight excluding hydrogens is 878 g/mol. The van der Waals surface area contributed by atoms with Crippen LogP contribution in [0.2, 0.25) is 0 Å². The molecule has 23 heteroatoms. The van der Waals surface area contributed by atoms with Gasteiger partial charge in [-0.2, -0.15) is 21.6 Å². The fourth-order valence-electron chi connectivity index (χ4n) is 5.66. The van der Waals surface area contributed by atoms with Gasteiger partial charge in [-0.15, -0.1) is 0 Å². The maximum absolute atomic E-state index is 12.5. The van der Waals surface area contributed by atoms with Crippen LogP contribution in [-0.2, 0) is 42.2 Å². The van der Waals surface area contributed by atoms with Crippen molar-refractivity contribution in [3.8, 4) is 17.2 Å². The number of nitrogens with zero attached hydrogens (tertiary/aromatic N) is 3. The van der Waals surface area contributed by atoms with E-state index in [4.69, 9.17) is 18.9 Å². The number of alkyl halides is 3. The molecule has 0 atom stereocenters. The summed E-state index contributed by atoms with van der Waals surface area (Å²) in [4.78, 5) is 47.3. The molecule has 0 fully saturated rings. The second-order valence-corrected chi connectivity index (χ2v) is 14.3. The molecular formula is C41H49F3N4O15S. The zero-order valence-corrected chi connectivity index (χ0v) is 37.0. The van der Waals surface area contributed by atoms with Crippen molar-refractivity contribution in [3.63, 3.8) is 0 Å². The molecule has 0 unspecified atom stereocenters. The van der Waals surface area contributed by atoms with Crippen LogP contribution in [0.15, 0.2) is 72.8 Å². The first kappa shape index (κ1) is 53.6. The number of nitrogens with one attached hydrogen (secondary N) is 1. The van der Waals surface area contributed by atoms with E-state index in [-0.39, 0.29) is 29.4 Å². The minimum absolute atomic E-state index is 0.0192.